The minimum atomic E-state index is -0.117. The van der Waals surface area contributed by atoms with Crippen LogP contribution in [0.1, 0.15) is 20.8 Å². The minimum absolute atomic E-state index is 0.117. The van der Waals surface area contributed by atoms with Gasteiger partial charge >= 0.3 is 0 Å². The quantitative estimate of drug-likeness (QED) is 0.843. The molecule has 0 aliphatic rings. The molecule has 0 bridgehead atoms. The number of nitrogens with one attached hydrogen (secondary N) is 1. The number of anilines is 1. The molecule has 0 spiro atoms. The lowest BCUT2D eigenvalue weighted by Crippen LogP contribution is -2.12. The fraction of sp³-hybridized carbons (Fsp3) is 0.167. The van der Waals surface area contributed by atoms with Gasteiger partial charge in [0.1, 0.15) is 5.15 Å². The molecule has 0 atom stereocenters. The third-order valence-corrected chi connectivity index (χ3v) is 3.73. The van der Waals surface area contributed by atoms with Crippen molar-refractivity contribution in [3.63, 3.8) is 0 Å². The fourth-order valence-electron chi connectivity index (χ4n) is 1.42. The van der Waals surface area contributed by atoms with Crippen LogP contribution in [0.2, 0.25) is 5.15 Å². The number of hydrogen-bond donors (Lipinski definition) is 1. The Hall–Kier alpha value is -1.39. The van der Waals surface area contributed by atoms with Crippen LogP contribution < -0.4 is 5.32 Å². The highest BCUT2D eigenvalue weighted by Crippen LogP contribution is 2.22. The molecular weight excluding hydrogens is 256 g/mol. The Morgan fingerprint density at radius 3 is 2.82 bits per heavy atom. The van der Waals surface area contributed by atoms with Gasteiger partial charge in [0.05, 0.1) is 5.56 Å². The molecule has 2 heterocycles. The first kappa shape index (κ1) is 12.1. The number of nitrogens with zero attached hydrogens (tertiary/aromatic N) is 1. The third kappa shape index (κ3) is 2.65. The van der Waals surface area contributed by atoms with Crippen LogP contribution in [0, 0.1) is 13.8 Å². The molecule has 0 saturated heterocycles. The lowest BCUT2D eigenvalue weighted by molar-refractivity contribution is 0.102. The van der Waals surface area contributed by atoms with Crippen LogP contribution in [-0.4, -0.2) is 10.9 Å². The molecule has 5 heteroatoms. The van der Waals surface area contributed by atoms with Gasteiger partial charge in [-0.1, -0.05) is 11.6 Å². The van der Waals surface area contributed by atoms with Gasteiger partial charge in [-0.3, -0.25) is 4.79 Å². The number of amides is 1. The second kappa shape index (κ2) is 4.85. The summed E-state index contributed by atoms with van der Waals surface area (Å²) >= 11 is 7.32. The summed E-state index contributed by atoms with van der Waals surface area (Å²) in [5, 5.41) is 5.02. The summed E-state index contributed by atoms with van der Waals surface area (Å²) in [5.41, 5.74) is 2.38. The molecule has 2 aromatic heterocycles. The van der Waals surface area contributed by atoms with E-state index in [-0.39, 0.29) is 5.91 Å². The van der Waals surface area contributed by atoms with E-state index in [1.165, 1.54) is 0 Å². The van der Waals surface area contributed by atoms with Crippen LogP contribution in [-0.2, 0) is 0 Å². The van der Waals surface area contributed by atoms with Gasteiger partial charge in [-0.15, -0.1) is 11.3 Å². The lowest BCUT2D eigenvalue weighted by atomic mass is 10.1. The summed E-state index contributed by atoms with van der Waals surface area (Å²) in [4.78, 5) is 17.0. The highest BCUT2D eigenvalue weighted by Gasteiger charge is 2.12. The summed E-state index contributed by atoms with van der Waals surface area (Å²) < 4.78 is 0. The standard InChI is InChI=1S/C12H11ClN2OS/c1-7-8(2)17-6-10(7)12(16)15-9-3-4-14-11(13)5-9/h3-6H,1-2H3,(H,14,15,16). The maximum absolute atomic E-state index is 12.0. The second-order valence-corrected chi connectivity index (χ2v) is 5.12. The minimum Gasteiger partial charge on any atom is -0.322 e. The van der Waals surface area contributed by atoms with Crippen LogP contribution in [0.5, 0.6) is 0 Å². The number of carbonyl (C=O) groups is 1. The number of hydrogen-bond acceptors (Lipinski definition) is 3. The van der Waals surface area contributed by atoms with Crippen molar-refractivity contribution >= 4 is 34.5 Å². The molecule has 17 heavy (non-hydrogen) atoms. The van der Waals surface area contributed by atoms with Gasteiger partial charge in [-0.25, -0.2) is 4.98 Å². The normalized spacial score (nSPS) is 10.3. The molecule has 0 aromatic carbocycles. The molecular formula is C12H11ClN2OS. The lowest BCUT2D eigenvalue weighted by Gasteiger charge is -2.04. The smallest absolute Gasteiger partial charge is 0.256 e. The highest BCUT2D eigenvalue weighted by atomic mass is 35.5. The van der Waals surface area contributed by atoms with Crippen LogP contribution in [0.3, 0.4) is 0 Å². The van der Waals surface area contributed by atoms with Crippen molar-refractivity contribution in [3.8, 4) is 0 Å². The monoisotopic (exact) mass is 266 g/mol. The first-order valence-electron chi connectivity index (χ1n) is 5.05. The van der Waals surface area contributed by atoms with E-state index in [9.17, 15) is 4.79 Å². The third-order valence-electron chi connectivity index (χ3n) is 2.51. The topological polar surface area (TPSA) is 42.0 Å². The zero-order chi connectivity index (χ0) is 12.4. The van der Waals surface area contributed by atoms with Crippen molar-refractivity contribution in [3.05, 3.63) is 44.9 Å². The first-order chi connectivity index (χ1) is 8.08. The summed E-state index contributed by atoms with van der Waals surface area (Å²) in [6.45, 7) is 3.94. The number of rotatable bonds is 2. The number of carbonyl (C=O) groups excluding carboxylic acids is 1. The van der Waals surface area contributed by atoms with Gasteiger partial charge in [-0.2, -0.15) is 0 Å². The Morgan fingerprint density at radius 2 is 2.24 bits per heavy atom. The van der Waals surface area contributed by atoms with Crippen molar-refractivity contribution < 1.29 is 4.79 Å². The molecule has 0 aliphatic heterocycles. The number of aryl methyl sites for hydroxylation is 1. The van der Waals surface area contributed by atoms with E-state index >= 15 is 0 Å². The molecule has 0 unspecified atom stereocenters. The van der Waals surface area contributed by atoms with E-state index in [0.717, 1.165) is 10.4 Å². The van der Waals surface area contributed by atoms with Crippen LogP contribution in [0.25, 0.3) is 0 Å². The summed E-state index contributed by atoms with van der Waals surface area (Å²) in [5.74, 6) is -0.117. The van der Waals surface area contributed by atoms with Crippen molar-refractivity contribution in [1.29, 1.82) is 0 Å². The molecule has 88 valence electrons. The zero-order valence-corrected chi connectivity index (χ0v) is 11.0. The SMILES string of the molecule is Cc1scc(C(=O)Nc2ccnc(Cl)c2)c1C. The van der Waals surface area contributed by atoms with Crippen molar-refractivity contribution in [2.75, 3.05) is 5.32 Å². The zero-order valence-electron chi connectivity index (χ0n) is 9.45. The second-order valence-electron chi connectivity index (χ2n) is 3.65. The van der Waals surface area contributed by atoms with E-state index in [4.69, 9.17) is 11.6 Å². The van der Waals surface area contributed by atoms with Gasteiger partial charge in [0.15, 0.2) is 0 Å². The van der Waals surface area contributed by atoms with Crippen molar-refractivity contribution in [2.45, 2.75) is 13.8 Å². The molecule has 0 fully saturated rings. The predicted molar refractivity (Wildman–Crippen MR) is 71.0 cm³/mol. The average Bonchev–Trinajstić information content (AvgIpc) is 2.60. The molecule has 2 rings (SSSR count). The van der Waals surface area contributed by atoms with Crippen molar-refractivity contribution in [2.24, 2.45) is 0 Å². The molecule has 0 radical (unpaired) electrons. The Balaban J connectivity index is 2.20. The largest absolute Gasteiger partial charge is 0.322 e. The highest BCUT2D eigenvalue weighted by molar-refractivity contribution is 7.10. The van der Waals surface area contributed by atoms with Gasteiger partial charge in [-0.05, 0) is 31.5 Å². The molecule has 2 aromatic rings. The Morgan fingerprint density at radius 1 is 1.47 bits per heavy atom. The Kier molecular flexibility index (Phi) is 3.45. The molecule has 0 saturated carbocycles. The van der Waals surface area contributed by atoms with Crippen molar-refractivity contribution in [1.82, 2.24) is 4.98 Å². The summed E-state index contributed by atoms with van der Waals surface area (Å²) in [6.07, 6.45) is 1.56. The predicted octanol–water partition coefficient (Wildman–Crippen LogP) is 3.67. The molecule has 1 N–H and O–H groups in total. The van der Waals surface area contributed by atoms with E-state index in [2.05, 4.69) is 10.3 Å². The maximum atomic E-state index is 12.0. The Labute approximate surface area is 108 Å². The molecule has 0 aliphatic carbocycles. The molecule has 1 amide bonds. The molecule has 3 nitrogen and oxygen atoms in total. The van der Waals surface area contributed by atoms with Gasteiger partial charge in [0, 0.05) is 22.1 Å². The van der Waals surface area contributed by atoms with Crippen LogP contribution >= 0.6 is 22.9 Å². The van der Waals surface area contributed by atoms with Crippen LogP contribution in [0.4, 0.5) is 5.69 Å². The van der Waals surface area contributed by atoms with Gasteiger partial charge in [0.2, 0.25) is 0 Å². The van der Waals surface area contributed by atoms with E-state index in [1.54, 1.807) is 29.7 Å². The van der Waals surface area contributed by atoms with E-state index in [0.29, 0.717) is 16.4 Å². The maximum Gasteiger partial charge on any atom is 0.256 e. The van der Waals surface area contributed by atoms with Crippen LogP contribution in [0.15, 0.2) is 23.7 Å². The Bertz CT molecular complexity index is 565. The van der Waals surface area contributed by atoms with E-state index < -0.39 is 0 Å². The van der Waals surface area contributed by atoms with Gasteiger partial charge in [0.25, 0.3) is 5.91 Å². The fourth-order valence-corrected chi connectivity index (χ4v) is 2.46. The van der Waals surface area contributed by atoms with E-state index in [1.807, 2.05) is 19.2 Å². The number of thiophene rings is 1. The van der Waals surface area contributed by atoms with Gasteiger partial charge < -0.3 is 5.32 Å². The first-order valence-corrected chi connectivity index (χ1v) is 6.31. The number of pyridine rings is 1. The summed E-state index contributed by atoms with van der Waals surface area (Å²) in [7, 11) is 0. The average molecular weight is 267 g/mol. The summed E-state index contributed by atoms with van der Waals surface area (Å²) in [6, 6.07) is 3.33. The number of aromatic nitrogens is 1. The number of halogens is 1.